The van der Waals surface area contributed by atoms with Gasteiger partial charge in [-0.05, 0) is 32.0 Å². The monoisotopic (exact) mass is 377 g/mol. The van der Waals surface area contributed by atoms with Crippen molar-refractivity contribution in [2.24, 2.45) is 11.3 Å². The molecule has 2 aliphatic heterocycles. The Kier molecular flexibility index (Phi) is 5.16. The van der Waals surface area contributed by atoms with Crippen molar-refractivity contribution in [3.63, 3.8) is 0 Å². The van der Waals surface area contributed by atoms with Crippen LogP contribution in [0.25, 0.3) is 0 Å². The molecular formula is C20H28FN3O3. The molecule has 0 N–H and O–H groups in total. The number of ether oxygens (including phenoxy) is 1. The number of carbonyl (C=O) groups excluding carboxylic acids is 2. The molecule has 2 aliphatic rings. The highest BCUT2D eigenvalue weighted by Gasteiger charge is 2.58. The number of methoxy groups -OCH3 is 1. The van der Waals surface area contributed by atoms with Gasteiger partial charge in [-0.2, -0.15) is 0 Å². The number of nitrogens with zero attached hydrogens (tertiary/aromatic N) is 3. The van der Waals surface area contributed by atoms with Crippen LogP contribution in [-0.2, 0) is 4.79 Å². The predicted octanol–water partition coefficient (Wildman–Crippen LogP) is 1.70. The van der Waals surface area contributed by atoms with Crippen molar-refractivity contribution in [1.82, 2.24) is 14.7 Å². The summed E-state index contributed by atoms with van der Waals surface area (Å²) in [4.78, 5) is 31.6. The van der Waals surface area contributed by atoms with E-state index in [0.717, 1.165) is 6.54 Å². The minimum atomic E-state index is -0.589. The minimum Gasteiger partial charge on any atom is -0.494 e. The zero-order chi connectivity index (χ0) is 19.9. The van der Waals surface area contributed by atoms with E-state index in [9.17, 15) is 14.0 Å². The van der Waals surface area contributed by atoms with E-state index in [-0.39, 0.29) is 29.0 Å². The van der Waals surface area contributed by atoms with E-state index in [2.05, 4.69) is 18.7 Å². The van der Waals surface area contributed by atoms with E-state index < -0.39 is 11.2 Å². The average Bonchev–Trinajstić information content (AvgIpc) is 3.15. The second-order valence-electron chi connectivity index (χ2n) is 8.11. The van der Waals surface area contributed by atoms with Gasteiger partial charge < -0.3 is 14.5 Å². The molecule has 2 amide bonds. The summed E-state index contributed by atoms with van der Waals surface area (Å²) in [6.07, 6.45) is 0. The van der Waals surface area contributed by atoms with E-state index in [0.29, 0.717) is 25.7 Å². The van der Waals surface area contributed by atoms with Crippen molar-refractivity contribution in [1.29, 1.82) is 0 Å². The van der Waals surface area contributed by atoms with Crippen LogP contribution in [0.2, 0.25) is 0 Å². The zero-order valence-electron chi connectivity index (χ0n) is 16.7. The molecule has 148 valence electrons. The summed E-state index contributed by atoms with van der Waals surface area (Å²) in [6.45, 7) is 6.56. The fourth-order valence-electron chi connectivity index (χ4n) is 4.38. The van der Waals surface area contributed by atoms with E-state index >= 15 is 0 Å². The maximum absolute atomic E-state index is 14.0. The van der Waals surface area contributed by atoms with Gasteiger partial charge in [0.2, 0.25) is 5.91 Å². The third-order valence-electron chi connectivity index (χ3n) is 5.88. The topological polar surface area (TPSA) is 53.1 Å². The van der Waals surface area contributed by atoms with Crippen molar-refractivity contribution in [3.05, 3.63) is 29.6 Å². The minimum absolute atomic E-state index is 0.0619. The molecule has 0 saturated carbocycles. The van der Waals surface area contributed by atoms with E-state index in [1.54, 1.807) is 30.0 Å². The fourth-order valence-corrected chi connectivity index (χ4v) is 4.38. The summed E-state index contributed by atoms with van der Waals surface area (Å²) in [7, 11) is 4.91. The number of rotatable bonds is 4. The number of hydrogen-bond acceptors (Lipinski definition) is 4. The highest BCUT2D eigenvalue weighted by atomic mass is 19.1. The molecule has 2 saturated heterocycles. The lowest BCUT2D eigenvalue weighted by molar-refractivity contribution is -0.139. The maximum atomic E-state index is 14.0. The van der Waals surface area contributed by atoms with Gasteiger partial charge in [-0.25, -0.2) is 4.39 Å². The smallest absolute Gasteiger partial charge is 0.254 e. The van der Waals surface area contributed by atoms with E-state index in [1.165, 1.54) is 19.2 Å². The molecule has 0 spiro atoms. The Morgan fingerprint density at radius 1 is 1.26 bits per heavy atom. The lowest BCUT2D eigenvalue weighted by Gasteiger charge is -2.31. The maximum Gasteiger partial charge on any atom is 0.254 e. The number of benzene rings is 1. The Balaban J connectivity index is 1.85. The van der Waals surface area contributed by atoms with Crippen molar-refractivity contribution in [3.8, 4) is 5.75 Å². The van der Waals surface area contributed by atoms with Crippen LogP contribution in [-0.4, -0.2) is 79.9 Å². The van der Waals surface area contributed by atoms with Gasteiger partial charge in [0.1, 0.15) is 0 Å². The molecule has 1 aromatic rings. The van der Waals surface area contributed by atoms with Crippen LogP contribution >= 0.6 is 0 Å². The zero-order valence-corrected chi connectivity index (χ0v) is 16.7. The van der Waals surface area contributed by atoms with Gasteiger partial charge in [0.05, 0.1) is 12.5 Å². The second kappa shape index (κ2) is 7.11. The number of likely N-dealkylation sites (tertiary alicyclic amines) is 2. The number of carbonyl (C=O) groups is 2. The Morgan fingerprint density at radius 2 is 1.96 bits per heavy atom. The Hall–Kier alpha value is -2.15. The molecule has 6 nitrogen and oxygen atoms in total. The molecule has 0 unspecified atom stereocenters. The summed E-state index contributed by atoms with van der Waals surface area (Å²) in [5, 5.41) is 0. The molecule has 0 bridgehead atoms. The molecular weight excluding hydrogens is 349 g/mol. The van der Waals surface area contributed by atoms with Crippen LogP contribution in [0.15, 0.2) is 18.2 Å². The van der Waals surface area contributed by atoms with Crippen LogP contribution in [0.1, 0.15) is 24.2 Å². The third kappa shape index (κ3) is 3.29. The molecule has 3 rings (SSSR count). The van der Waals surface area contributed by atoms with Crippen molar-refractivity contribution < 1.29 is 18.7 Å². The van der Waals surface area contributed by atoms with Gasteiger partial charge in [-0.15, -0.1) is 0 Å². The molecule has 2 atom stereocenters. The Bertz CT molecular complexity index is 752. The highest BCUT2D eigenvalue weighted by Crippen LogP contribution is 2.44. The normalized spacial score (nSPS) is 25.0. The van der Waals surface area contributed by atoms with Gasteiger partial charge in [0.15, 0.2) is 11.6 Å². The van der Waals surface area contributed by atoms with Gasteiger partial charge in [-0.1, -0.05) is 0 Å². The fraction of sp³-hybridized carbons (Fsp3) is 0.600. The molecule has 0 radical (unpaired) electrons. The van der Waals surface area contributed by atoms with Gasteiger partial charge in [0.25, 0.3) is 5.91 Å². The lowest BCUT2D eigenvalue weighted by atomic mass is 9.79. The third-order valence-corrected chi connectivity index (χ3v) is 5.88. The quantitative estimate of drug-likeness (QED) is 0.802. The Morgan fingerprint density at radius 3 is 2.52 bits per heavy atom. The van der Waals surface area contributed by atoms with Gasteiger partial charge >= 0.3 is 0 Å². The first kappa shape index (κ1) is 19.6. The molecule has 2 heterocycles. The summed E-state index contributed by atoms with van der Waals surface area (Å²) in [5.74, 6) is -0.550. The molecule has 0 aromatic heterocycles. The van der Waals surface area contributed by atoms with Crippen molar-refractivity contribution >= 4 is 11.8 Å². The summed E-state index contributed by atoms with van der Waals surface area (Å²) in [6, 6.07) is 4.58. The van der Waals surface area contributed by atoms with Crippen molar-refractivity contribution in [2.75, 3.05) is 47.4 Å². The Labute approximate surface area is 159 Å². The van der Waals surface area contributed by atoms with Gasteiger partial charge in [0, 0.05) is 57.8 Å². The van der Waals surface area contributed by atoms with Crippen LogP contribution in [0.3, 0.4) is 0 Å². The average molecular weight is 377 g/mol. The van der Waals surface area contributed by atoms with Gasteiger partial charge in [-0.3, -0.25) is 14.5 Å². The van der Waals surface area contributed by atoms with Crippen molar-refractivity contribution in [2.45, 2.75) is 19.9 Å². The molecule has 2 fully saturated rings. The van der Waals surface area contributed by atoms with Crippen LogP contribution < -0.4 is 4.74 Å². The highest BCUT2D eigenvalue weighted by molar-refractivity contribution is 5.96. The molecule has 7 heteroatoms. The molecule has 0 aliphatic carbocycles. The molecule has 27 heavy (non-hydrogen) atoms. The first-order valence-corrected chi connectivity index (χ1v) is 9.28. The first-order valence-electron chi connectivity index (χ1n) is 9.28. The number of fused-ring (bicyclic) bond motifs is 1. The number of amides is 2. The summed E-state index contributed by atoms with van der Waals surface area (Å²) < 4.78 is 18.9. The van der Waals surface area contributed by atoms with Crippen LogP contribution in [0.4, 0.5) is 4.39 Å². The van der Waals surface area contributed by atoms with Crippen LogP contribution in [0.5, 0.6) is 5.75 Å². The largest absolute Gasteiger partial charge is 0.494 e. The van der Waals surface area contributed by atoms with E-state index in [4.69, 9.17) is 4.74 Å². The summed E-state index contributed by atoms with van der Waals surface area (Å²) >= 11 is 0. The summed E-state index contributed by atoms with van der Waals surface area (Å²) in [5.41, 5.74) is -0.310. The lowest BCUT2D eigenvalue weighted by Crippen LogP contribution is -2.48. The molecule has 1 aromatic carbocycles. The first-order chi connectivity index (χ1) is 12.7. The number of hydrogen-bond donors (Lipinski definition) is 0. The van der Waals surface area contributed by atoms with E-state index in [1.807, 2.05) is 0 Å². The SMILES string of the molecule is COc1ccc(C(=O)N2C[C@@H]3CN(C(C)C)C[C@]3(C(=O)N(C)C)C2)cc1F. The van der Waals surface area contributed by atoms with Crippen LogP contribution in [0, 0.1) is 17.2 Å². The standard InChI is InChI=1S/C20H28FN3O3/c1-13(2)23-9-15-10-24(12-20(15,11-23)19(26)22(3)4)18(25)14-6-7-17(27-5)16(21)8-14/h6-8,13,15H,9-12H2,1-5H3/t15-,20-/m0/s1. The number of halogens is 1. The second-order valence-corrected chi connectivity index (χ2v) is 8.11. The predicted molar refractivity (Wildman–Crippen MR) is 100 cm³/mol.